The molecule has 0 fully saturated rings. The Morgan fingerprint density at radius 1 is 1.43 bits per heavy atom. The molecule has 0 amide bonds. The predicted molar refractivity (Wildman–Crippen MR) is 86.0 cm³/mol. The summed E-state index contributed by atoms with van der Waals surface area (Å²) in [5.74, 6) is 0.414. The first-order chi connectivity index (χ1) is 10.9. The number of nitrogens with one attached hydrogen (secondary N) is 2. The largest absolute Gasteiger partial charge is 0.340 e. The molecule has 128 valence electrons. The standard InChI is InChI=1S/C13H21N5O4S/c1-3-4-5-6-7-18-12-10(15-9-16-12)11(14-2)17-13(18,8-19)23(20,21)22/h8-9H,3-7H2,1-2H3,(H,14,17)(H,15,16)(H,20,21,22). The van der Waals surface area contributed by atoms with E-state index in [1.165, 1.54) is 18.3 Å². The van der Waals surface area contributed by atoms with E-state index < -0.39 is 15.1 Å². The number of anilines is 1. The van der Waals surface area contributed by atoms with Crippen molar-refractivity contribution in [2.45, 2.75) is 37.6 Å². The van der Waals surface area contributed by atoms with Crippen molar-refractivity contribution in [1.82, 2.24) is 15.3 Å². The highest BCUT2D eigenvalue weighted by atomic mass is 32.2. The zero-order valence-electron chi connectivity index (χ0n) is 13.1. The number of carbonyl (C=O) groups excluding carboxylic acids is 1. The van der Waals surface area contributed by atoms with E-state index in [1.807, 2.05) is 0 Å². The first-order valence-corrected chi connectivity index (χ1v) is 8.85. The van der Waals surface area contributed by atoms with Gasteiger partial charge in [-0.15, -0.1) is 0 Å². The van der Waals surface area contributed by atoms with Crippen molar-refractivity contribution in [1.29, 1.82) is 0 Å². The summed E-state index contributed by atoms with van der Waals surface area (Å²) in [6, 6.07) is 0. The van der Waals surface area contributed by atoms with Crippen molar-refractivity contribution in [3.63, 3.8) is 0 Å². The van der Waals surface area contributed by atoms with Gasteiger partial charge >= 0.3 is 10.1 Å². The average Bonchev–Trinajstić information content (AvgIpc) is 2.99. The molecule has 2 heterocycles. The molecule has 0 saturated carbocycles. The lowest BCUT2D eigenvalue weighted by atomic mass is 10.1. The molecule has 10 heteroatoms. The van der Waals surface area contributed by atoms with Gasteiger partial charge in [-0.3, -0.25) is 14.3 Å². The van der Waals surface area contributed by atoms with E-state index >= 15 is 0 Å². The second-order valence-electron chi connectivity index (χ2n) is 5.30. The highest BCUT2D eigenvalue weighted by Gasteiger charge is 2.54. The highest BCUT2D eigenvalue weighted by Crippen LogP contribution is 2.31. The van der Waals surface area contributed by atoms with Crippen LogP contribution in [-0.4, -0.2) is 53.6 Å². The molecular weight excluding hydrogens is 322 g/mol. The molecule has 1 atom stereocenters. The van der Waals surface area contributed by atoms with Gasteiger partial charge in [0.25, 0.3) is 4.99 Å². The maximum absolute atomic E-state index is 12.0. The van der Waals surface area contributed by atoms with Gasteiger partial charge in [0.05, 0.1) is 6.33 Å². The molecule has 0 bridgehead atoms. The van der Waals surface area contributed by atoms with Crippen LogP contribution in [0.25, 0.3) is 0 Å². The fraction of sp³-hybridized carbons (Fsp3) is 0.615. The Labute approximate surface area is 134 Å². The normalized spacial score (nSPS) is 22.7. The predicted octanol–water partition coefficient (Wildman–Crippen LogP) is 0.517. The van der Waals surface area contributed by atoms with Gasteiger partial charge in [0.15, 0.2) is 17.9 Å². The van der Waals surface area contributed by atoms with Gasteiger partial charge in [-0.1, -0.05) is 26.2 Å². The van der Waals surface area contributed by atoms with Gasteiger partial charge in [-0.05, 0) is 6.42 Å². The van der Waals surface area contributed by atoms with Gasteiger partial charge < -0.3 is 15.2 Å². The Kier molecular flexibility index (Phi) is 5.05. The lowest BCUT2D eigenvalue weighted by Crippen LogP contribution is -2.69. The van der Waals surface area contributed by atoms with Crippen molar-refractivity contribution in [3.05, 3.63) is 12.0 Å². The molecule has 9 nitrogen and oxygen atoms in total. The summed E-state index contributed by atoms with van der Waals surface area (Å²) in [5.41, 5.74) is 0.476. The van der Waals surface area contributed by atoms with E-state index in [2.05, 4.69) is 27.2 Å². The maximum Gasteiger partial charge on any atom is 0.316 e. The topological polar surface area (TPSA) is 128 Å². The van der Waals surface area contributed by atoms with Crippen molar-refractivity contribution >= 4 is 28.1 Å². The molecule has 1 aliphatic rings. The molecule has 1 unspecified atom stereocenters. The molecule has 3 N–H and O–H groups in total. The zero-order valence-corrected chi connectivity index (χ0v) is 13.9. The number of fused-ring (bicyclic) bond motifs is 1. The Hall–Kier alpha value is -1.94. The zero-order chi connectivity index (χ0) is 17.1. The van der Waals surface area contributed by atoms with Gasteiger partial charge in [0, 0.05) is 13.6 Å². The summed E-state index contributed by atoms with van der Waals surface area (Å²) < 4.78 is 33.6. The SMILES string of the molecule is CCCCCCN1c2nc[nH]c2C(=NC)NC1(C=O)S(=O)(=O)O. The number of H-pyrrole nitrogens is 1. The number of hydrogen-bond acceptors (Lipinski definition) is 6. The summed E-state index contributed by atoms with van der Waals surface area (Å²) in [7, 11) is -3.33. The van der Waals surface area contributed by atoms with E-state index in [0.717, 1.165) is 19.3 Å². The summed E-state index contributed by atoms with van der Waals surface area (Å²) in [6.07, 6.45) is 5.12. The number of aromatic amines is 1. The number of amidine groups is 1. The molecule has 0 saturated heterocycles. The lowest BCUT2D eigenvalue weighted by Gasteiger charge is -2.42. The van der Waals surface area contributed by atoms with Crippen LogP contribution in [0.15, 0.2) is 11.3 Å². The van der Waals surface area contributed by atoms with E-state index in [-0.39, 0.29) is 24.5 Å². The second-order valence-corrected chi connectivity index (χ2v) is 6.87. The monoisotopic (exact) mass is 343 g/mol. The first-order valence-electron chi connectivity index (χ1n) is 7.41. The van der Waals surface area contributed by atoms with Gasteiger partial charge in [0.2, 0.25) is 0 Å². The Morgan fingerprint density at radius 2 is 2.17 bits per heavy atom. The maximum atomic E-state index is 12.0. The summed E-state index contributed by atoms with van der Waals surface area (Å²) in [5, 5.41) is 2.54. The molecule has 0 radical (unpaired) electrons. The van der Waals surface area contributed by atoms with Crippen LogP contribution < -0.4 is 10.2 Å². The molecule has 1 aliphatic heterocycles. The van der Waals surface area contributed by atoms with E-state index in [4.69, 9.17) is 0 Å². The molecular formula is C13H21N5O4S. The second kappa shape index (κ2) is 6.67. The average molecular weight is 343 g/mol. The number of carbonyl (C=O) groups is 1. The van der Waals surface area contributed by atoms with Gasteiger partial charge in [0.1, 0.15) is 5.69 Å². The van der Waals surface area contributed by atoms with Crippen molar-refractivity contribution in [2.24, 2.45) is 4.99 Å². The van der Waals surface area contributed by atoms with Crippen LogP contribution in [0.5, 0.6) is 0 Å². The van der Waals surface area contributed by atoms with Gasteiger partial charge in [-0.2, -0.15) is 8.42 Å². The number of aldehydes is 1. The minimum absolute atomic E-state index is 0.145. The van der Waals surface area contributed by atoms with Crippen LogP contribution in [-0.2, 0) is 14.9 Å². The van der Waals surface area contributed by atoms with Gasteiger partial charge in [-0.25, -0.2) is 4.98 Å². The quantitative estimate of drug-likeness (QED) is 0.374. The van der Waals surface area contributed by atoms with E-state index in [1.54, 1.807) is 0 Å². The number of rotatable bonds is 7. The van der Waals surface area contributed by atoms with Crippen molar-refractivity contribution in [3.8, 4) is 0 Å². The van der Waals surface area contributed by atoms with Crippen LogP contribution in [0.4, 0.5) is 5.82 Å². The van der Waals surface area contributed by atoms with Crippen LogP contribution in [0.1, 0.15) is 38.3 Å². The Balaban J connectivity index is 2.48. The smallest absolute Gasteiger partial charge is 0.316 e. The minimum Gasteiger partial charge on any atom is -0.340 e. The number of nitrogens with zero attached hydrogens (tertiary/aromatic N) is 3. The molecule has 0 aromatic carbocycles. The number of aromatic nitrogens is 2. The number of aliphatic imine (C=N–C) groups is 1. The highest BCUT2D eigenvalue weighted by molar-refractivity contribution is 7.88. The number of unbranched alkanes of at least 4 members (excludes halogenated alkanes) is 3. The van der Waals surface area contributed by atoms with Crippen LogP contribution in [0, 0.1) is 0 Å². The molecule has 0 aliphatic carbocycles. The lowest BCUT2D eigenvalue weighted by molar-refractivity contribution is -0.110. The molecule has 0 spiro atoms. The molecule has 2 rings (SSSR count). The van der Waals surface area contributed by atoms with Crippen molar-refractivity contribution < 1.29 is 17.8 Å². The number of imidazole rings is 1. The van der Waals surface area contributed by atoms with Crippen LogP contribution in [0.3, 0.4) is 0 Å². The third-order valence-corrected chi connectivity index (χ3v) is 5.03. The summed E-state index contributed by atoms with van der Waals surface area (Å²) in [4.78, 5) is 21.5. The first kappa shape index (κ1) is 17.4. The van der Waals surface area contributed by atoms with E-state index in [0.29, 0.717) is 12.1 Å². The minimum atomic E-state index is -4.78. The molecule has 23 heavy (non-hydrogen) atoms. The number of hydrogen-bond donors (Lipinski definition) is 3. The Bertz CT molecular complexity index is 699. The summed E-state index contributed by atoms with van der Waals surface area (Å²) >= 11 is 0. The molecule has 1 aromatic rings. The summed E-state index contributed by atoms with van der Waals surface area (Å²) in [6.45, 7) is 2.31. The Morgan fingerprint density at radius 3 is 2.74 bits per heavy atom. The van der Waals surface area contributed by atoms with E-state index in [9.17, 15) is 17.8 Å². The van der Waals surface area contributed by atoms with Crippen molar-refractivity contribution in [2.75, 3.05) is 18.5 Å². The van der Waals surface area contributed by atoms with Crippen LogP contribution in [0.2, 0.25) is 0 Å². The molecule has 1 aromatic heterocycles. The third-order valence-electron chi connectivity index (χ3n) is 3.82. The van der Waals surface area contributed by atoms with Crippen LogP contribution >= 0.6 is 0 Å². The third kappa shape index (κ3) is 2.95. The fourth-order valence-corrected chi connectivity index (χ4v) is 3.42. The fourth-order valence-electron chi connectivity index (χ4n) is 2.62.